The maximum Gasteiger partial charge on any atom is 0.0629 e. The topological polar surface area (TPSA) is 38.0 Å². The van der Waals surface area contributed by atoms with E-state index in [1.54, 1.807) is 11.3 Å². The van der Waals surface area contributed by atoms with Crippen LogP contribution in [0.3, 0.4) is 0 Å². The molecule has 0 aliphatic carbocycles. The Labute approximate surface area is 113 Å². The summed E-state index contributed by atoms with van der Waals surface area (Å²) in [6.45, 7) is 6.51. The molecule has 2 nitrogen and oxygen atoms in total. The molecule has 1 aromatic carbocycles. The Balaban J connectivity index is 2.21. The number of anilines is 2. The Morgan fingerprint density at radius 1 is 1.22 bits per heavy atom. The second kappa shape index (κ2) is 5.44. The highest BCUT2D eigenvalue weighted by atomic mass is 32.1. The smallest absolute Gasteiger partial charge is 0.0629 e. The molecule has 2 aromatic rings. The number of thiophene rings is 1. The van der Waals surface area contributed by atoms with Gasteiger partial charge in [-0.3, -0.25) is 0 Å². The molecule has 0 aliphatic heterocycles. The van der Waals surface area contributed by atoms with Crippen molar-refractivity contribution in [2.75, 3.05) is 11.1 Å². The van der Waals surface area contributed by atoms with E-state index in [0.717, 1.165) is 16.9 Å². The maximum atomic E-state index is 5.85. The van der Waals surface area contributed by atoms with Crippen LogP contribution in [-0.4, -0.2) is 0 Å². The summed E-state index contributed by atoms with van der Waals surface area (Å²) in [5.41, 5.74) is 8.95. The molecular weight excluding hydrogens is 240 g/mol. The summed E-state index contributed by atoms with van der Waals surface area (Å²) in [6.07, 6.45) is 0. The number of aryl methyl sites for hydroxylation is 1. The van der Waals surface area contributed by atoms with Gasteiger partial charge in [0.15, 0.2) is 0 Å². The van der Waals surface area contributed by atoms with Crippen molar-refractivity contribution in [2.24, 2.45) is 5.92 Å². The van der Waals surface area contributed by atoms with Crippen LogP contribution < -0.4 is 11.1 Å². The maximum absolute atomic E-state index is 5.85. The molecule has 0 amide bonds. The van der Waals surface area contributed by atoms with E-state index in [-0.39, 0.29) is 0 Å². The molecule has 0 radical (unpaired) electrons. The quantitative estimate of drug-likeness (QED) is 0.797. The van der Waals surface area contributed by atoms with Gasteiger partial charge in [0.05, 0.1) is 6.04 Å². The molecule has 1 unspecified atom stereocenters. The van der Waals surface area contributed by atoms with Gasteiger partial charge >= 0.3 is 0 Å². The minimum atomic E-state index is 0.355. The number of benzene rings is 1. The van der Waals surface area contributed by atoms with Crippen LogP contribution in [0.2, 0.25) is 0 Å². The predicted molar refractivity (Wildman–Crippen MR) is 81.1 cm³/mol. The fraction of sp³-hybridized carbons (Fsp3) is 0.333. The average Bonchev–Trinajstić information content (AvgIpc) is 2.83. The Morgan fingerprint density at radius 3 is 2.56 bits per heavy atom. The molecule has 18 heavy (non-hydrogen) atoms. The first-order valence-electron chi connectivity index (χ1n) is 6.24. The van der Waals surface area contributed by atoms with Crippen molar-refractivity contribution < 1.29 is 0 Å². The van der Waals surface area contributed by atoms with Crippen LogP contribution in [-0.2, 0) is 0 Å². The van der Waals surface area contributed by atoms with Gasteiger partial charge in [0.2, 0.25) is 0 Å². The highest BCUT2D eigenvalue weighted by molar-refractivity contribution is 7.10. The third-order valence-corrected chi connectivity index (χ3v) is 4.06. The summed E-state index contributed by atoms with van der Waals surface area (Å²) in [5.74, 6) is 0.543. The van der Waals surface area contributed by atoms with Crippen LogP contribution in [0.15, 0.2) is 35.7 Å². The summed E-state index contributed by atoms with van der Waals surface area (Å²) >= 11 is 1.80. The number of nitrogens with one attached hydrogen (secondary N) is 1. The summed E-state index contributed by atoms with van der Waals surface area (Å²) in [6, 6.07) is 10.8. The molecular formula is C15H20N2S. The highest BCUT2D eigenvalue weighted by Crippen LogP contribution is 2.30. The van der Waals surface area contributed by atoms with E-state index in [9.17, 15) is 0 Å². The number of nitrogen functional groups attached to an aromatic ring is 1. The van der Waals surface area contributed by atoms with E-state index in [0.29, 0.717) is 12.0 Å². The molecule has 96 valence electrons. The summed E-state index contributed by atoms with van der Waals surface area (Å²) < 4.78 is 0. The van der Waals surface area contributed by atoms with Gasteiger partial charge in [-0.2, -0.15) is 0 Å². The lowest BCUT2D eigenvalue weighted by atomic mass is 10.0. The molecule has 2 rings (SSSR count). The van der Waals surface area contributed by atoms with E-state index in [1.165, 1.54) is 4.88 Å². The lowest BCUT2D eigenvalue weighted by molar-refractivity contribution is 0.554. The van der Waals surface area contributed by atoms with Gasteiger partial charge in [-0.1, -0.05) is 19.9 Å². The Kier molecular flexibility index (Phi) is 3.92. The van der Waals surface area contributed by atoms with E-state index < -0.39 is 0 Å². The molecule has 1 aromatic heterocycles. The molecule has 1 heterocycles. The van der Waals surface area contributed by atoms with Crippen molar-refractivity contribution >= 4 is 22.7 Å². The van der Waals surface area contributed by atoms with Crippen LogP contribution in [0.4, 0.5) is 11.4 Å². The zero-order valence-electron chi connectivity index (χ0n) is 11.1. The predicted octanol–water partition coefficient (Wildman–Crippen LogP) is 4.45. The van der Waals surface area contributed by atoms with Crippen LogP contribution in [0, 0.1) is 12.8 Å². The molecule has 0 fully saturated rings. The largest absolute Gasteiger partial charge is 0.399 e. The molecule has 0 saturated heterocycles. The number of hydrogen-bond donors (Lipinski definition) is 2. The SMILES string of the molecule is Cc1cc(NC(c2cccs2)C(C)C)ccc1N. The molecule has 1 atom stereocenters. The zero-order chi connectivity index (χ0) is 13.1. The Bertz CT molecular complexity index is 503. The molecule has 0 saturated carbocycles. The summed E-state index contributed by atoms with van der Waals surface area (Å²) in [4.78, 5) is 1.37. The summed E-state index contributed by atoms with van der Waals surface area (Å²) in [5, 5.41) is 5.73. The Hall–Kier alpha value is -1.48. The first kappa shape index (κ1) is 13.0. The zero-order valence-corrected chi connectivity index (χ0v) is 11.9. The number of rotatable bonds is 4. The van der Waals surface area contributed by atoms with E-state index in [1.807, 2.05) is 19.1 Å². The molecule has 0 bridgehead atoms. The van der Waals surface area contributed by atoms with E-state index in [4.69, 9.17) is 5.73 Å². The fourth-order valence-corrected chi connectivity index (χ4v) is 2.93. The fourth-order valence-electron chi connectivity index (χ4n) is 1.98. The third kappa shape index (κ3) is 2.85. The minimum absolute atomic E-state index is 0.355. The van der Waals surface area contributed by atoms with Crippen molar-refractivity contribution in [3.8, 4) is 0 Å². The highest BCUT2D eigenvalue weighted by Gasteiger charge is 2.16. The standard InChI is InChI=1S/C15H20N2S/c1-10(2)15(14-5-4-8-18-14)17-12-6-7-13(16)11(3)9-12/h4-10,15,17H,16H2,1-3H3. The normalized spacial score (nSPS) is 12.7. The second-order valence-electron chi connectivity index (χ2n) is 4.95. The van der Waals surface area contributed by atoms with Crippen molar-refractivity contribution in [1.29, 1.82) is 0 Å². The van der Waals surface area contributed by atoms with E-state index in [2.05, 4.69) is 42.7 Å². The van der Waals surface area contributed by atoms with Gasteiger partial charge in [-0.05, 0) is 48.1 Å². The van der Waals surface area contributed by atoms with Gasteiger partial charge in [-0.15, -0.1) is 11.3 Å². The summed E-state index contributed by atoms with van der Waals surface area (Å²) in [7, 11) is 0. The van der Waals surface area contributed by atoms with Crippen LogP contribution in [0.1, 0.15) is 30.3 Å². The van der Waals surface area contributed by atoms with Gasteiger partial charge in [0.1, 0.15) is 0 Å². The van der Waals surface area contributed by atoms with Crippen molar-refractivity contribution in [3.63, 3.8) is 0 Å². The monoisotopic (exact) mass is 260 g/mol. The molecule has 3 N–H and O–H groups in total. The van der Waals surface area contributed by atoms with Gasteiger partial charge in [0, 0.05) is 16.3 Å². The molecule has 0 aliphatic rings. The average molecular weight is 260 g/mol. The van der Waals surface area contributed by atoms with Gasteiger partial charge in [0.25, 0.3) is 0 Å². The van der Waals surface area contributed by atoms with Crippen molar-refractivity contribution in [3.05, 3.63) is 46.2 Å². The number of hydrogen-bond acceptors (Lipinski definition) is 3. The van der Waals surface area contributed by atoms with Crippen molar-refractivity contribution in [2.45, 2.75) is 26.8 Å². The van der Waals surface area contributed by atoms with Crippen LogP contribution in [0.5, 0.6) is 0 Å². The van der Waals surface area contributed by atoms with Crippen LogP contribution >= 0.6 is 11.3 Å². The van der Waals surface area contributed by atoms with Crippen LogP contribution in [0.25, 0.3) is 0 Å². The second-order valence-corrected chi connectivity index (χ2v) is 5.93. The number of nitrogens with two attached hydrogens (primary N) is 1. The lowest BCUT2D eigenvalue weighted by Gasteiger charge is -2.23. The Morgan fingerprint density at radius 2 is 2.00 bits per heavy atom. The van der Waals surface area contributed by atoms with Gasteiger partial charge in [-0.25, -0.2) is 0 Å². The first-order chi connectivity index (χ1) is 8.58. The van der Waals surface area contributed by atoms with Gasteiger partial charge < -0.3 is 11.1 Å². The molecule has 0 spiro atoms. The lowest BCUT2D eigenvalue weighted by Crippen LogP contribution is -2.15. The first-order valence-corrected chi connectivity index (χ1v) is 7.12. The minimum Gasteiger partial charge on any atom is -0.399 e. The third-order valence-electron chi connectivity index (χ3n) is 3.11. The molecule has 3 heteroatoms. The van der Waals surface area contributed by atoms with E-state index >= 15 is 0 Å². The van der Waals surface area contributed by atoms with Crippen molar-refractivity contribution in [1.82, 2.24) is 0 Å².